The van der Waals surface area contributed by atoms with Gasteiger partial charge in [0.15, 0.2) is 0 Å². The summed E-state index contributed by atoms with van der Waals surface area (Å²) in [6.45, 7) is 0.708. The number of aromatic amines is 1. The first-order chi connectivity index (χ1) is 9.22. The predicted molar refractivity (Wildman–Crippen MR) is 79.7 cm³/mol. The molecular formula is C15H12BrFN2. The predicted octanol–water partition coefficient (Wildman–Crippen LogP) is 4.68. The molecule has 3 rings (SSSR count). The smallest absolute Gasteiger partial charge is 0.137 e. The van der Waals surface area contributed by atoms with E-state index in [-0.39, 0.29) is 5.82 Å². The van der Waals surface area contributed by atoms with Crippen molar-refractivity contribution in [1.82, 2.24) is 4.98 Å². The second kappa shape index (κ2) is 5.05. The summed E-state index contributed by atoms with van der Waals surface area (Å²) in [5, 5.41) is 4.47. The molecule has 0 bridgehead atoms. The molecule has 2 nitrogen and oxygen atoms in total. The van der Waals surface area contributed by atoms with Crippen molar-refractivity contribution in [2.45, 2.75) is 6.54 Å². The number of aromatic nitrogens is 1. The third-order valence-corrected chi connectivity index (χ3v) is 3.64. The maximum absolute atomic E-state index is 13.1. The van der Waals surface area contributed by atoms with E-state index < -0.39 is 0 Å². The summed E-state index contributed by atoms with van der Waals surface area (Å²) in [6.07, 6.45) is 1.93. The molecule has 2 aromatic carbocycles. The minimum atomic E-state index is -0.251. The lowest BCUT2D eigenvalue weighted by atomic mass is 10.1. The summed E-state index contributed by atoms with van der Waals surface area (Å²) in [5.74, 6) is -0.251. The monoisotopic (exact) mass is 318 g/mol. The fourth-order valence-corrected chi connectivity index (χ4v) is 2.40. The van der Waals surface area contributed by atoms with Crippen molar-refractivity contribution in [2.24, 2.45) is 0 Å². The van der Waals surface area contributed by atoms with Gasteiger partial charge >= 0.3 is 0 Å². The van der Waals surface area contributed by atoms with Crippen LogP contribution in [0.5, 0.6) is 0 Å². The Morgan fingerprint density at radius 1 is 1.11 bits per heavy atom. The molecule has 0 saturated carbocycles. The molecule has 0 fully saturated rings. The number of hydrogen-bond donors (Lipinski definition) is 2. The quantitative estimate of drug-likeness (QED) is 0.721. The summed E-state index contributed by atoms with van der Waals surface area (Å²) >= 11 is 3.18. The number of rotatable bonds is 3. The van der Waals surface area contributed by atoms with Crippen LogP contribution < -0.4 is 5.32 Å². The average molecular weight is 319 g/mol. The van der Waals surface area contributed by atoms with E-state index >= 15 is 0 Å². The summed E-state index contributed by atoms with van der Waals surface area (Å²) in [6, 6.07) is 13.2. The molecule has 4 heteroatoms. The highest BCUT2D eigenvalue weighted by molar-refractivity contribution is 9.10. The van der Waals surface area contributed by atoms with Gasteiger partial charge < -0.3 is 10.3 Å². The van der Waals surface area contributed by atoms with Gasteiger partial charge in [0, 0.05) is 23.9 Å². The van der Waals surface area contributed by atoms with Crippen LogP contribution in [0.25, 0.3) is 10.9 Å². The fraction of sp³-hybridized carbons (Fsp3) is 0.0667. The van der Waals surface area contributed by atoms with Crippen LogP contribution in [0.15, 0.2) is 53.1 Å². The number of nitrogens with one attached hydrogen (secondary N) is 2. The Hall–Kier alpha value is -1.81. The Balaban J connectivity index is 1.75. The molecular weight excluding hydrogens is 307 g/mol. The largest absolute Gasteiger partial charge is 0.381 e. The van der Waals surface area contributed by atoms with Gasteiger partial charge in [0.1, 0.15) is 5.82 Å². The van der Waals surface area contributed by atoms with E-state index in [0.29, 0.717) is 11.0 Å². The topological polar surface area (TPSA) is 27.8 Å². The van der Waals surface area contributed by atoms with Gasteiger partial charge in [-0.1, -0.05) is 6.07 Å². The second-order valence-corrected chi connectivity index (χ2v) is 5.24. The van der Waals surface area contributed by atoms with E-state index in [4.69, 9.17) is 0 Å². The number of halogens is 2. The van der Waals surface area contributed by atoms with Gasteiger partial charge in [-0.15, -0.1) is 0 Å². The Labute approximate surface area is 118 Å². The molecule has 1 heterocycles. The molecule has 0 atom stereocenters. The Morgan fingerprint density at radius 3 is 2.84 bits per heavy atom. The lowest BCUT2D eigenvalue weighted by Gasteiger charge is -2.07. The van der Waals surface area contributed by atoms with Crippen molar-refractivity contribution in [3.05, 3.63) is 64.5 Å². The van der Waals surface area contributed by atoms with Crippen LogP contribution in [0.2, 0.25) is 0 Å². The minimum Gasteiger partial charge on any atom is -0.381 e. The second-order valence-electron chi connectivity index (χ2n) is 4.38. The maximum Gasteiger partial charge on any atom is 0.137 e. The van der Waals surface area contributed by atoms with Crippen molar-refractivity contribution >= 4 is 32.5 Å². The van der Waals surface area contributed by atoms with Crippen LogP contribution in [0, 0.1) is 5.82 Å². The van der Waals surface area contributed by atoms with E-state index in [1.165, 1.54) is 17.0 Å². The highest BCUT2D eigenvalue weighted by Crippen LogP contribution is 2.21. The third kappa shape index (κ3) is 2.63. The van der Waals surface area contributed by atoms with Crippen molar-refractivity contribution in [1.29, 1.82) is 0 Å². The van der Waals surface area contributed by atoms with Crippen LogP contribution in [0.3, 0.4) is 0 Å². The highest BCUT2D eigenvalue weighted by atomic mass is 79.9. The average Bonchev–Trinajstić information content (AvgIpc) is 2.87. The molecule has 0 aliphatic carbocycles. The van der Waals surface area contributed by atoms with Gasteiger partial charge in [-0.3, -0.25) is 0 Å². The lowest BCUT2D eigenvalue weighted by molar-refractivity contribution is 0.621. The van der Waals surface area contributed by atoms with Crippen LogP contribution in [0.1, 0.15) is 5.56 Å². The minimum absolute atomic E-state index is 0.251. The van der Waals surface area contributed by atoms with Crippen LogP contribution in [-0.2, 0) is 6.54 Å². The van der Waals surface area contributed by atoms with E-state index in [0.717, 1.165) is 11.2 Å². The number of benzene rings is 2. The van der Waals surface area contributed by atoms with Crippen LogP contribution in [-0.4, -0.2) is 4.98 Å². The van der Waals surface area contributed by atoms with E-state index in [1.54, 1.807) is 12.1 Å². The van der Waals surface area contributed by atoms with Gasteiger partial charge in [0.25, 0.3) is 0 Å². The molecule has 19 heavy (non-hydrogen) atoms. The number of fused-ring (bicyclic) bond motifs is 1. The van der Waals surface area contributed by atoms with Gasteiger partial charge in [0.2, 0.25) is 0 Å². The van der Waals surface area contributed by atoms with Crippen LogP contribution >= 0.6 is 15.9 Å². The van der Waals surface area contributed by atoms with E-state index in [1.807, 2.05) is 12.3 Å². The molecule has 0 aliphatic rings. The van der Waals surface area contributed by atoms with Crippen molar-refractivity contribution in [2.75, 3.05) is 5.32 Å². The molecule has 96 valence electrons. The molecule has 3 aromatic rings. The molecule has 0 saturated heterocycles. The Bertz CT molecular complexity index is 721. The first-order valence-electron chi connectivity index (χ1n) is 5.97. The van der Waals surface area contributed by atoms with Crippen LogP contribution in [0.4, 0.5) is 10.1 Å². The lowest BCUT2D eigenvalue weighted by Crippen LogP contribution is -1.99. The van der Waals surface area contributed by atoms with Gasteiger partial charge in [0.05, 0.1) is 4.47 Å². The number of anilines is 1. The summed E-state index contributed by atoms with van der Waals surface area (Å²) in [5.41, 5.74) is 3.21. The van der Waals surface area contributed by atoms with Gasteiger partial charge in [-0.25, -0.2) is 4.39 Å². The molecule has 0 unspecified atom stereocenters. The molecule has 0 amide bonds. The first kappa shape index (κ1) is 12.2. The van der Waals surface area contributed by atoms with Crippen molar-refractivity contribution < 1.29 is 4.39 Å². The molecule has 2 N–H and O–H groups in total. The fourth-order valence-electron chi connectivity index (χ4n) is 2.02. The molecule has 0 radical (unpaired) electrons. The van der Waals surface area contributed by atoms with Gasteiger partial charge in [-0.05, 0) is 63.3 Å². The number of hydrogen-bond acceptors (Lipinski definition) is 1. The molecule has 1 aromatic heterocycles. The van der Waals surface area contributed by atoms with E-state index in [2.05, 4.69) is 44.4 Å². The molecule has 0 aliphatic heterocycles. The Kier molecular flexibility index (Phi) is 3.25. The highest BCUT2D eigenvalue weighted by Gasteiger charge is 2.01. The Morgan fingerprint density at radius 2 is 2.00 bits per heavy atom. The van der Waals surface area contributed by atoms with Crippen molar-refractivity contribution in [3.8, 4) is 0 Å². The zero-order chi connectivity index (χ0) is 13.2. The van der Waals surface area contributed by atoms with Gasteiger partial charge in [-0.2, -0.15) is 0 Å². The standard InChI is InChI=1S/C15H12BrFN2/c16-13-8-12(2-3-14(13)17)19-9-10-1-4-15-11(7-10)5-6-18-15/h1-8,18-19H,9H2. The zero-order valence-electron chi connectivity index (χ0n) is 10.1. The SMILES string of the molecule is Fc1ccc(NCc2ccc3[nH]ccc3c2)cc1Br. The normalized spacial score (nSPS) is 10.8. The summed E-state index contributed by atoms with van der Waals surface area (Å²) in [4.78, 5) is 3.17. The zero-order valence-corrected chi connectivity index (χ0v) is 11.7. The maximum atomic E-state index is 13.1. The molecule has 0 spiro atoms. The van der Waals surface area contributed by atoms with Crippen molar-refractivity contribution in [3.63, 3.8) is 0 Å². The van der Waals surface area contributed by atoms with E-state index in [9.17, 15) is 4.39 Å². The number of H-pyrrole nitrogens is 1. The third-order valence-electron chi connectivity index (χ3n) is 3.03. The summed E-state index contributed by atoms with van der Waals surface area (Å²) < 4.78 is 13.6. The summed E-state index contributed by atoms with van der Waals surface area (Å²) in [7, 11) is 0. The first-order valence-corrected chi connectivity index (χ1v) is 6.76.